The normalized spacial score (nSPS) is 16.7. The van der Waals surface area contributed by atoms with Crippen LogP contribution >= 0.6 is 0 Å². The van der Waals surface area contributed by atoms with E-state index in [1.165, 1.54) is 24.3 Å². The van der Waals surface area contributed by atoms with Crippen LogP contribution in [0.4, 0.5) is 19.0 Å². The number of alkyl halides is 2. The number of pyridine rings is 1. The Hall–Kier alpha value is -3.20. The number of rotatable bonds is 6. The lowest BCUT2D eigenvalue weighted by atomic mass is 9.90. The lowest BCUT2D eigenvalue weighted by Crippen LogP contribution is -2.46. The number of halogens is 3. The van der Waals surface area contributed by atoms with E-state index in [2.05, 4.69) is 27.2 Å². The van der Waals surface area contributed by atoms with Gasteiger partial charge in [0, 0.05) is 23.4 Å². The van der Waals surface area contributed by atoms with Gasteiger partial charge in [-0.2, -0.15) is 0 Å². The fraction of sp³-hybridized carbons (Fsp3) is 0.375. The molecule has 9 heteroatoms. The van der Waals surface area contributed by atoms with E-state index in [1.54, 1.807) is 17.7 Å². The van der Waals surface area contributed by atoms with Gasteiger partial charge in [-0.25, -0.2) is 23.1 Å². The summed E-state index contributed by atoms with van der Waals surface area (Å²) in [7, 11) is 0. The number of anilines is 1. The monoisotopic (exact) mass is 457 g/mol. The van der Waals surface area contributed by atoms with Crippen LogP contribution in [0.1, 0.15) is 49.2 Å². The standard InChI is InChI=1S/C24H26F3N5O/c1-4-18(15-6-5-7-16(21(15)25)22(26)27)31-23-17-13-32(24(3)8-10-28-11-9-24)20(33)12-19(17)29-14(2)30-23/h4-7,12-13,18,22,28H,1,8-11H2,2-3H3,(H,29,30,31)/t18-/m1/s1. The Bertz CT molecular complexity index is 1250. The van der Waals surface area contributed by atoms with Crippen LogP contribution in [0.25, 0.3) is 10.9 Å². The summed E-state index contributed by atoms with van der Waals surface area (Å²) in [5.41, 5.74) is -0.711. The van der Waals surface area contributed by atoms with Crippen molar-refractivity contribution >= 4 is 16.7 Å². The number of hydrogen-bond donors (Lipinski definition) is 2. The lowest BCUT2D eigenvalue weighted by Gasteiger charge is -2.36. The molecule has 2 N–H and O–H groups in total. The summed E-state index contributed by atoms with van der Waals surface area (Å²) < 4.78 is 43.0. The highest BCUT2D eigenvalue weighted by Crippen LogP contribution is 2.32. The van der Waals surface area contributed by atoms with Crippen LogP contribution in [0.3, 0.4) is 0 Å². The molecular formula is C24H26F3N5O. The van der Waals surface area contributed by atoms with Gasteiger partial charge in [0.1, 0.15) is 17.5 Å². The molecule has 6 nitrogen and oxygen atoms in total. The minimum absolute atomic E-state index is 0.0332. The van der Waals surface area contributed by atoms with Gasteiger partial charge in [-0.1, -0.05) is 24.3 Å². The van der Waals surface area contributed by atoms with Gasteiger partial charge in [-0.15, -0.1) is 6.58 Å². The molecular weight excluding hydrogens is 431 g/mol. The molecule has 33 heavy (non-hydrogen) atoms. The molecule has 0 unspecified atom stereocenters. The van der Waals surface area contributed by atoms with Crippen LogP contribution in [-0.4, -0.2) is 27.6 Å². The maximum absolute atomic E-state index is 14.8. The van der Waals surface area contributed by atoms with Gasteiger partial charge in [0.2, 0.25) is 0 Å². The van der Waals surface area contributed by atoms with Gasteiger partial charge in [-0.05, 0) is 39.8 Å². The van der Waals surface area contributed by atoms with Crippen molar-refractivity contribution in [2.45, 2.75) is 44.7 Å². The van der Waals surface area contributed by atoms with Gasteiger partial charge in [0.25, 0.3) is 12.0 Å². The fourth-order valence-electron chi connectivity index (χ4n) is 4.35. The van der Waals surface area contributed by atoms with Gasteiger partial charge in [0.05, 0.1) is 22.5 Å². The third-order valence-electron chi connectivity index (χ3n) is 6.26. The molecule has 3 aromatic rings. The second-order valence-electron chi connectivity index (χ2n) is 8.56. The maximum atomic E-state index is 14.8. The van der Waals surface area contributed by atoms with Gasteiger partial charge in [0.15, 0.2) is 0 Å². The topological polar surface area (TPSA) is 71.8 Å². The summed E-state index contributed by atoms with van der Waals surface area (Å²) in [4.78, 5) is 21.8. The second kappa shape index (κ2) is 8.97. The molecule has 3 heterocycles. The van der Waals surface area contributed by atoms with E-state index < -0.39 is 23.8 Å². The number of hydrogen-bond acceptors (Lipinski definition) is 5. The summed E-state index contributed by atoms with van der Waals surface area (Å²) in [5, 5.41) is 7.00. The molecule has 0 aliphatic carbocycles. The molecule has 4 rings (SSSR count). The maximum Gasteiger partial charge on any atom is 0.266 e. The summed E-state index contributed by atoms with van der Waals surface area (Å²) in [6.45, 7) is 9.07. The quantitative estimate of drug-likeness (QED) is 0.529. The Balaban J connectivity index is 1.82. The van der Waals surface area contributed by atoms with Crippen LogP contribution in [-0.2, 0) is 5.54 Å². The largest absolute Gasteiger partial charge is 0.359 e. The van der Waals surface area contributed by atoms with Crippen LogP contribution in [0.5, 0.6) is 0 Å². The predicted molar refractivity (Wildman–Crippen MR) is 122 cm³/mol. The Morgan fingerprint density at radius 3 is 2.61 bits per heavy atom. The highest BCUT2D eigenvalue weighted by atomic mass is 19.3. The number of piperidine rings is 1. The van der Waals surface area contributed by atoms with E-state index in [1.807, 2.05) is 6.92 Å². The first-order valence-corrected chi connectivity index (χ1v) is 10.8. The average Bonchev–Trinajstić information content (AvgIpc) is 2.77. The molecule has 1 aliphatic rings. The summed E-state index contributed by atoms with van der Waals surface area (Å²) in [6.07, 6.45) is 1.80. The molecule has 1 saturated heterocycles. The Morgan fingerprint density at radius 2 is 1.94 bits per heavy atom. The minimum atomic E-state index is -2.93. The molecule has 0 saturated carbocycles. The first-order valence-electron chi connectivity index (χ1n) is 10.8. The van der Waals surface area contributed by atoms with Crippen LogP contribution in [0, 0.1) is 12.7 Å². The molecule has 1 aliphatic heterocycles. The fourth-order valence-corrected chi connectivity index (χ4v) is 4.35. The molecule has 1 atom stereocenters. The van der Waals surface area contributed by atoms with Crippen molar-refractivity contribution in [2.75, 3.05) is 18.4 Å². The smallest absolute Gasteiger partial charge is 0.266 e. The van der Waals surface area contributed by atoms with Crippen LogP contribution in [0.15, 0.2) is 47.9 Å². The Kier molecular flexibility index (Phi) is 6.25. The highest BCUT2D eigenvalue weighted by Gasteiger charge is 2.30. The van der Waals surface area contributed by atoms with E-state index in [-0.39, 0.29) is 16.7 Å². The Morgan fingerprint density at radius 1 is 1.24 bits per heavy atom. The van der Waals surface area contributed by atoms with Crippen molar-refractivity contribution in [3.8, 4) is 0 Å². The van der Waals surface area contributed by atoms with Crippen molar-refractivity contribution < 1.29 is 13.2 Å². The van der Waals surface area contributed by atoms with Crippen molar-refractivity contribution in [3.05, 3.63) is 76.2 Å². The van der Waals surface area contributed by atoms with Crippen LogP contribution in [0.2, 0.25) is 0 Å². The van der Waals surface area contributed by atoms with E-state index >= 15 is 0 Å². The van der Waals surface area contributed by atoms with E-state index in [0.717, 1.165) is 32.0 Å². The van der Waals surface area contributed by atoms with Gasteiger partial charge < -0.3 is 15.2 Å². The number of benzene rings is 1. The molecule has 174 valence electrons. The molecule has 0 bridgehead atoms. The zero-order chi connectivity index (χ0) is 23.8. The second-order valence-corrected chi connectivity index (χ2v) is 8.56. The van der Waals surface area contributed by atoms with Gasteiger partial charge in [-0.3, -0.25) is 4.79 Å². The molecule has 2 aromatic heterocycles. The van der Waals surface area contributed by atoms with E-state index in [9.17, 15) is 18.0 Å². The van der Waals surface area contributed by atoms with Crippen LogP contribution < -0.4 is 16.2 Å². The third-order valence-corrected chi connectivity index (χ3v) is 6.26. The number of aryl methyl sites for hydroxylation is 1. The third kappa shape index (κ3) is 4.37. The van der Waals surface area contributed by atoms with Crippen molar-refractivity contribution in [1.29, 1.82) is 0 Å². The summed E-state index contributed by atoms with van der Waals surface area (Å²) >= 11 is 0. The number of fused-ring (bicyclic) bond motifs is 1. The predicted octanol–water partition coefficient (Wildman–Crippen LogP) is 4.61. The zero-order valence-corrected chi connectivity index (χ0v) is 18.5. The SMILES string of the molecule is C=C[C@@H](Nc1nc(C)nc2cc(=O)n(C3(C)CCNCC3)cc12)c1cccc(C(F)F)c1F. The summed E-state index contributed by atoms with van der Waals surface area (Å²) in [5.74, 6) is -0.200. The van der Waals surface area contributed by atoms with E-state index in [4.69, 9.17) is 0 Å². The number of nitrogens with one attached hydrogen (secondary N) is 2. The Labute approximate surface area is 189 Å². The molecule has 1 aromatic carbocycles. The molecule has 0 spiro atoms. The first kappa shape index (κ1) is 23.0. The van der Waals surface area contributed by atoms with Crippen molar-refractivity contribution in [1.82, 2.24) is 19.9 Å². The van der Waals surface area contributed by atoms with Crippen molar-refractivity contribution in [2.24, 2.45) is 0 Å². The highest BCUT2D eigenvalue weighted by molar-refractivity contribution is 5.88. The zero-order valence-electron chi connectivity index (χ0n) is 18.5. The van der Waals surface area contributed by atoms with Crippen molar-refractivity contribution in [3.63, 3.8) is 0 Å². The number of aromatic nitrogens is 3. The molecule has 0 radical (unpaired) electrons. The first-order chi connectivity index (χ1) is 15.7. The van der Waals surface area contributed by atoms with E-state index in [0.29, 0.717) is 22.5 Å². The van der Waals surface area contributed by atoms with Gasteiger partial charge >= 0.3 is 0 Å². The number of nitrogens with zero attached hydrogens (tertiary/aromatic N) is 3. The summed E-state index contributed by atoms with van der Waals surface area (Å²) in [6, 6.07) is 4.53. The lowest BCUT2D eigenvalue weighted by molar-refractivity contribution is 0.146. The average molecular weight is 458 g/mol. The molecule has 0 amide bonds. The molecule has 1 fully saturated rings. The minimum Gasteiger partial charge on any atom is -0.359 e.